The zero-order valence-electron chi connectivity index (χ0n) is 22.0. The first-order valence-corrected chi connectivity index (χ1v) is 12.8. The van der Waals surface area contributed by atoms with Gasteiger partial charge in [-0.25, -0.2) is 22.8 Å². The highest BCUT2D eigenvalue weighted by Crippen LogP contribution is 2.27. The topological polar surface area (TPSA) is 122 Å². The largest absolute Gasteiger partial charge is 0.479 e. The molecule has 41 heavy (non-hydrogen) atoms. The molecule has 8 nitrogen and oxygen atoms in total. The lowest BCUT2D eigenvalue weighted by Crippen LogP contribution is -2.39. The first kappa shape index (κ1) is 31.3. The van der Waals surface area contributed by atoms with Crippen molar-refractivity contribution in [2.75, 3.05) is 31.1 Å². The van der Waals surface area contributed by atoms with E-state index in [1.807, 2.05) is 12.1 Å². The molecule has 0 bridgehead atoms. The lowest BCUT2D eigenvalue weighted by Gasteiger charge is -2.29. The van der Waals surface area contributed by atoms with Crippen LogP contribution in [-0.4, -0.2) is 75.7 Å². The molecule has 1 aliphatic rings. The quantitative estimate of drug-likeness (QED) is 0.284. The first-order chi connectivity index (χ1) is 19.5. The predicted molar refractivity (Wildman–Crippen MR) is 147 cm³/mol. The van der Waals surface area contributed by atoms with Crippen LogP contribution in [0.4, 0.5) is 24.5 Å². The van der Waals surface area contributed by atoms with Crippen molar-refractivity contribution in [2.45, 2.75) is 25.0 Å². The van der Waals surface area contributed by atoms with E-state index >= 15 is 0 Å². The summed E-state index contributed by atoms with van der Waals surface area (Å²) >= 11 is 0. The molecular weight excluding hydrogens is 541 g/mol. The van der Waals surface area contributed by atoms with E-state index in [9.17, 15) is 22.8 Å². The van der Waals surface area contributed by atoms with Gasteiger partial charge in [-0.3, -0.25) is 4.90 Å². The Hall–Kier alpha value is -4.19. The van der Waals surface area contributed by atoms with Crippen LogP contribution in [0, 0.1) is 17.5 Å². The van der Waals surface area contributed by atoms with Gasteiger partial charge in [-0.1, -0.05) is 18.2 Å². The molecule has 1 heterocycles. The average Bonchev–Trinajstić information content (AvgIpc) is 2.97. The Labute approximate surface area is 235 Å². The Morgan fingerprint density at radius 1 is 0.756 bits per heavy atom. The minimum atomic E-state index is -2.27. The van der Waals surface area contributed by atoms with Crippen LogP contribution in [0.2, 0.25) is 0 Å². The van der Waals surface area contributed by atoms with Gasteiger partial charge in [0.1, 0.15) is 17.5 Å². The van der Waals surface area contributed by atoms with E-state index in [4.69, 9.17) is 20.4 Å². The second kappa shape index (κ2) is 15.0. The van der Waals surface area contributed by atoms with Crippen molar-refractivity contribution < 1.29 is 43.2 Å². The summed E-state index contributed by atoms with van der Waals surface area (Å²) in [6.07, 6.45) is -0.469. The average molecular weight is 573 g/mol. The zero-order valence-corrected chi connectivity index (χ0v) is 22.0. The fourth-order valence-electron chi connectivity index (χ4n) is 4.21. The number of benzene rings is 3. The van der Waals surface area contributed by atoms with Crippen LogP contribution in [0.15, 0.2) is 78.9 Å². The molecule has 218 valence electrons. The molecule has 4 N–H and O–H groups in total. The molecule has 2 atom stereocenters. The molecule has 0 amide bonds. The standard InChI is InChI=1S/C26H25F3N2.C4H6O6/c27-22-4-2-20(3-5-22)21-14-18-30(19-15-21)16-1-17-31(25-10-6-23(28)7-11-25)26-12-8-24(29)9-13-26;5-1(3(7)8)2(6)4(9)10/h2-14H,1,15-19H2;1-2,5-6H,(H,7,8)(H,9,10). The Kier molecular flexibility index (Phi) is 11.5. The Balaban J connectivity index is 0.000000397. The summed E-state index contributed by atoms with van der Waals surface area (Å²) in [5.41, 5.74) is 4.10. The van der Waals surface area contributed by atoms with Gasteiger partial charge in [0.2, 0.25) is 0 Å². The zero-order chi connectivity index (χ0) is 29.9. The number of halogens is 3. The van der Waals surface area contributed by atoms with Gasteiger partial charge >= 0.3 is 11.9 Å². The van der Waals surface area contributed by atoms with Crippen molar-refractivity contribution >= 4 is 28.9 Å². The van der Waals surface area contributed by atoms with Crippen molar-refractivity contribution in [1.82, 2.24) is 4.90 Å². The smallest absolute Gasteiger partial charge is 0.335 e. The number of carboxylic acid groups (broad SMARTS) is 2. The van der Waals surface area contributed by atoms with Crippen molar-refractivity contribution in [3.63, 3.8) is 0 Å². The molecule has 0 saturated carbocycles. The van der Waals surface area contributed by atoms with Crippen molar-refractivity contribution in [2.24, 2.45) is 0 Å². The maximum atomic E-state index is 13.4. The van der Waals surface area contributed by atoms with Gasteiger partial charge in [-0.05, 0) is 84.6 Å². The molecule has 0 aromatic heterocycles. The van der Waals surface area contributed by atoms with Gasteiger partial charge in [0, 0.05) is 37.6 Å². The van der Waals surface area contributed by atoms with Crippen LogP contribution in [0.5, 0.6) is 0 Å². The SMILES string of the molecule is Fc1ccc(C2=CCN(CCCN(c3ccc(F)cc3)c3ccc(F)cc3)CC2)cc1.O=C(O)C(O)C(O)C(=O)O. The normalized spacial score (nSPS) is 14.7. The third-order valence-corrected chi connectivity index (χ3v) is 6.45. The number of hydrogen-bond donors (Lipinski definition) is 4. The second-order valence-corrected chi connectivity index (χ2v) is 9.31. The Morgan fingerprint density at radius 3 is 1.59 bits per heavy atom. The maximum absolute atomic E-state index is 13.4. The van der Waals surface area contributed by atoms with E-state index in [-0.39, 0.29) is 17.5 Å². The lowest BCUT2D eigenvalue weighted by atomic mass is 9.99. The summed E-state index contributed by atoms with van der Waals surface area (Å²) in [7, 11) is 0. The minimum Gasteiger partial charge on any atom is -0.479 e. The third kappa shape index (κ3) is 9.45. The van der Waals surface area contributed by atoms with E-state index in [0.29, 0.717) is 0 Å². The van der Waals surface area contributed by atoms with Crippen LogP contribution in [0.3, 0.4) is 0 Å². The number of aliphatic hydroxyl groups excluding tert-OH is 2. The molecule has 0 aliphatic carbocycles. The van der Waals surface area contributed by atoms with Gasteiger partial charge in [0.05, 0.1) is 0 Å². The molecule has 2 unspecified atom stereocenters. The molecule has 4 rings (SSSR count). The van der Waals surface area contributed by atoms with E-state index in [1.165, 1.54) is 42.0 Å². The van der Waals surface area contributed by atoms with Crippen LogP contribution in [0.25, 0.3) is 5.57 Å². The van der Waals surface area contributed by atoms with Crippen LogP contribution in [-0.2, 0) is 9.59 Å². The molecule has 0 fully saturated rings. The van der Waals surface area contributed by atoms with Gasteiger partial charge < -0.3 is 25.3 Å². The minimum absolute atomic E-state index is 0.214. The molecule has 0 saturated heterocycles. The highest BCUT2D eigenvalue weighted by Gasteiger charge is 2.29. The molecular formula is C30H31F3N2O6. The van der Waals surface area contributed by atoms with Gasteiger partial charge in [0.25, 0.3) is 0 Å². The summed E-state index contributed by atoms with van der Waals surface area (Å²) in [5.74, 6) is -4.31. The summed E-state index contributed by atoms with van der Waals surface area (Å²) in [4.78, 5) is 24.0. The fourth-order valence-corrected chi connectivity index (χ4v) is 4.21. The summed E-state index contributed by atoms with van der Waals surface area (Å²) < 4.78 is 39.9. The number of aliphatic hydroxyl groups is 2. The molecule has 3 aromatic carbocycles. The van der Waals surface area contributed by atoms with E-state index < -0.39 is 24.1 Å². The number of rotatable bonds is 10. The van der Waals surface area contributed by atoms with Crippen LogP contribution < -0.4 is 4.90 Å². The Morgan fingerprint density at radius 2 is 1.20 bits per heavy atom. The molecule has 0 spiro atoms. The monoisotopic (exact) mass is 572 g/mol. The van der Waals surface area contributed by atoms with Gasteiger partial charge in [-0.2, -0.15) is 0 Å². The van der Waals surface area contributed by atoms with Crippen LogP contribution >= 0.6 is 0 Å². The van der Waals surface area contributed by atoms with Crippen molar-refractivity contribution in [3.8, 4) is 0 Å². The Bertz CT molecular complexity index is 1250. The first-order valence-electron chi connectivity index (χ1n) is 12.8. The molecule has 3 aromatic rings. The van der Waals surface area contributed by atoms with E-state index in [0.717, 1.165) is 56.0 Å². The lowest BCUT2D eigenvalue weighted by molar-refractivity contribution is -0.165. The summed E-state index contributed by atoms with van der Waals surface area (Å²) in [6, 6.07) is 19.4. The fraction of sp³-hybridized carbons (Fsp3) is 0.267. The summed E-state index contributed by atoms with van der Waals surface area (Å²) in [5, 5.41) is 32.5. The highest BCUT2D eigenvalue weighted by atomic mass is 19.1. The van der Waals surface area contributed by atoms with Gasteiger partial charge in [0.15, 0.2) is 12.2 Å². The number of nitrogens with zero attached hydrogens (tertiary/aromatic N) is 2. The molecule has 1 aliphatic heterocycles. The number of anilines is 2. The molecule has 11 heteroatoms. The summed E-state index contributed by atoms with van der Waals surface area (Å²) in [6.45, 7) is 3.48. The van der Waals surface area contributed by atoms with Gasteiger partial charge in [-0.15, -0.1) is 0 Å². The van der Waals surface area contributed by atoms with E-state index in [1.54, 1.807) is 24.3 Å². The highest BCUT2D eigenvalue weighted by molar-refractivity contribution is 5.83. The molecule has 0 radical (unpaired) electrons. The number of hydrogen-bond acceptors (Lipinski definition) is 6. The second-order valence-electron chi connectivity index (χ2n) is 9.31. The number of carbonyl (C=O) groups is 2. The van der Waals surface area contributed by atoms with Crippen molar-refractivity contribution in [1.29, 1.82) is 0 Å². The van der Waals surface area contributed by atoms with Crippen LogP contribution in [0.1, 0.15) is 18.4 Å². The van der Waals surface area contributed by atoms with E-state index in [2.05, 4.69) is 15.9 Å². The number of carboxylic acids is 2. The van der Waals surface area contributed by atoms with Crippen molar-refractivity contribution in [3.05, 3.63) is 102 Å². The predicted octanol–water partition coefficient (Wildman–Crippen LogP) is 4.30. The third-order valence-electron chi connectivity index (χ3n) is 6.45. The maximum Gasteiger partial charge on any atom is 0.335 e. The number of aliphatic carboxylic acids is 2.